The van der Waals surface area contributed by atoms with E-state index in [9.17, 15) is 4.79 Å². The number of H-pyrrole nitrogens is 1. The van der Waals surface area contributed by atoms with Gasteiger partial charge in [0, 0.05) is 24.1 Å². The molecule has 0 bridgehead atoms. The zero-order chi connectivity index (χ0) is 13.8. The van der Waals surface area contributed by atoms with Crippen LogP contribution >= 0.6 is 0 Å². The Morgan fingerprint density at radius 1 is 1.25 bits per heavy atom. The monoisotopic (exact) mass is 269 g/mol. The predicted octanol–water partition coefficient (Wildman–Crippen LogP) is 2.79. The molecular formula is C16H19N3O. The molecule has 1 atom stereocenters. The Labute approximate surface area is 118 Å². The van der Waals surface area contributed by atoms with E-state index in [2.05, 4.69) is 16.4 Å². The lowest BCUT2D eigenvalue weighted by Gasteiger charge is -2.24. The van der Waals surface area contributed by atoms with Crippen molar-refractivity contribution in [2.24, 2.45) is 0 Å². The summed E-state index contributed by atoms with van der Waals surface area (Å²) < 4.78 is 0. The van der Waals surface area contributed by atoms with Gasteiger partial charge in [-0.1, -0.05) is 18.2 Å². The molecule has 1 amide bonds. The molecule has 0 radical (unpaired) electrons. The number of likely N-dealkylation sites (tertiary alicyclic amines) is 1. The maximum atomic E-state index is 12.4. The van der Waals surface area contributed by atoms with Crippen molar-refractivity contribution in [3.8, 4) is 0 Å². The number of rotatable bonds is 4. The van der Waals surface area contributed by atoms with Gasteiger partial charge in [-0.05, 0) is 37.1 Å². The van der Waals surface area contributed by atoms with Crippen molar-refractivity contribution in [2.75, 3.05) is 18.4 Å². The first-order chi connectivity index (χ1) is 9.84. The lowest BCUT2D eigenvalue weighted by atomic mass is 10.1. The average Bonchev–Trinajstić information content (AvgIpc) is 3.15. The van der Waals surface area contributed by atoms with Crippen molar-refractivity contribution in [2.45, 2.75) is 18.9 Å². The largest absolute Gasteiger partial charge is 0.376 e. The van der Waals surface area contributed by atoms with Crippen LogP contribution in [0.3, 0.4) is 0 Å². The standard InChI is InChI=1S/C16H19N3O/c20-16(12-18-13-6-2-1-3-7-13)19-11-5-9-15(19)14-8-4-10-17-14/h1-4,6-8,10,15,17-18H,5,9,11-12H2. The van der Waals surface area contributed by atoms with Gasteiger partial charge in [-0.15, -0.1) is 0 Å². The minimum atomic E-state index is 0.158. The van der Waals surface area contributed by atoms with E-state index in [1.807, 2.05) is 47.5 Å². The summed E-state index contributed by atoms with van der Waals surface area (Å²) in [5.41, 5.74) is 2.12. The molecule has 1 aliphatic heterocycles. The van der Waals surface area contributed by atoms with Gasteiger partial charge in [0.1, 0.15) is 0 Å². The molecule has 4 nitrogen and oxygen atoms in total. The molecule has 2 N–H and O–H groups in total. The van der Waals surface area contributed by atoms with Gasteiger partial charge in [-0.3, -0.25) is 4.79 Å². The normalized spacial score (nSPS) is 18.2. The van der Waals surface area contributed by atoms with Crippen LogP contribution in [0, 0.1) is 0 Å². The second-order valence-electron chi connectivity index (χ2n) is 5.09. The van der Waals surface area contributed by atoms with Crippen LogP contribution in [0.2, 0.25) is 0 Å². The SMILES string of the molecule is O=C(CNc1ccccc1)N1CCCC1c1ccc[nH]1. The highest BCUT2D eigenvalue weighted by atomic mass is 16.2. The maximum absolute atomic E-state index is 12.4. The van der Waals surface area contributed by atoms with E-state index in [-0.39, 0.29) is 11.9 Å². The van der Waals surface area contributed by atoms with Gasteiger partial charge in [0.15, 0.2) is 0 Å². The Morgan fingerprint density at radius 3 is 2.85 bits per heavy atom. The minimum Gasteiger partial charge on any atom is -0.376 e. The lowest BCUT2D eigenvalue weighted by Crippen LogP contribution is -2.35. The quantitative estimate of drug-likeness (QED) is 0.896. The van der Waals surface area contributed by atoms with E-state index >= 15 is 0 Å². The summed E-state index contributed by atoms with van der Waals surface area (Å²) in [7, 11) is 0. The third-order valence-electron chi connectivity index (χ3n) is 3.77. The van der Waals surface area contributed by atoms with Crippen molar-refractivity contribution < 1.29 is 4.79 Å². The first-order valence-corrected chi connectivity index (χ1v) is 7.06. The number of hydrogen-bond acceptors (Lipinski definition) is 2. The molecule has 3 rings (SSSR count). The first kappa shape index (κ1) is 12.8. The number of hydrogen-bond donors (Lipinski definition) is 2. The van der Waals surface area contributed by atoms with Crippen molar-refractivity contribution in [3.63, 3.8) is 0 Å². The molecule has 1 aromatic carbocycles. The molecule has 20 heavy (non-hydrogen) atoms. The summed E-state index contributed by atoms with van der Waals surface area (Å²) >= 11 is 0. The molecule has 1 aromatic heterocycles. The summed E-state index contributed by atoms with van der Waals surface area (Å²) in [5, 5.41) is 3.19. The third kappa shape index (κ3) is 2.69. The second kappa shape index (κ2) is 5.82. The van der Waals surface area contributed by atoms with Crippen LogP contribution in [0.5, 0.6) is 0 Å². The van der Waals surface area contributed by atoms with Crippen LogP contribution in [-0.2, 0) is 4.79 Å². The molecule has 2 aromatic rings. The number of anilines is 1. The van der Waals surface area contributed by atoms with Gasteiger partial charge in [0.2, 0.25) is 5.91 Å². The molecule has 0 aliphatic carbocycles. The molecule has 1 saturated heterocycles. The molecule has 1 aliphatic rings. The van der Waals surface area contributed by atoms with Gasteiger partial charge in [0.05, 0.1) is 12.6 Å². The molecule has 0 saturated carbocycles. The van der Waals surface area contributed by atoms with Crippen molar-refractivity contribution in [1.82, 2.24) is 9.88 Å². The van der Waals surface area contributed by atoms with Crippen LogP contribution in [0.15, 0.2) is 48.7 Å². The Bertz CT molecular complexity index is 550. The highest BCUT2D eigenvalue weighted by Crippen LogP contribution is 2.30. The number of aromatic nitrogens is 1. The zero-order valence-corrected chi connectivity index (χ0v) is 11.4. The van der Waals surface area contributed by atoms with Crippen LogP contribution in [-0.4, -0.2) is 28.9 Å². The number of carbonyl (C=O) groups is 1. The van der Waals surface area contributed by atoms with Crippen LogP contribution < -0.4 is 5.32 Å². The number of nitrogens with one attached hydrogen (secondary N) is 2. The summed E-state index contributed by atoms with van der Waals surface area (Å²) in [5.74, 6) is 0.158. The number of nitrogens with zero attached hydrogens (tertiary/aromatic N) is 1. The second-order valence-corrected chi connectivity index (χ2v) is 5.09. The van der Waals surface area contributed by atoms with E-state index < -0.39 is 0 Å². The summed E-state index contributed by atoms with van der Waals surface area (Å²) in [6, 6.07) is 14.1. The topological polar surface area (TPSA) is 48.1 Å². The smallest absolute Gasteiger partial charge is 0.242 e. The van der Waals surface area contributed by atoms with Gasteiger partial charge >= 0.3 is 0 Å². The van der Waals surface area contributed by atoms with E-state index in [0.717, 1.165) is 30.8 Å². The van der Waals surface area contributed by atoms with Gasteiger partial charge in [-0.25, -0.2) is 0 Å². The average molecular weight is 269 g/mol. The maximum Gasteiger partial charge on any atom is 0.242 e. The molecule has 1 fully saturated rings. The number of amides is 1. The minimum absolute atomic E-state index is 0.158. The van der Waals surface area contributed by atoms with Gasteiger partial charge < -0.3 is 15.2 Å². The van der Waals surface area contributed by atoms with Crippen LogP contribution in [0.4, 0.5) is 5.69 Å². The molecule has 2 heterocycles. The fourth-order valence-electron chi connectivity index (χ4n) is 2.78. The molecular weight excluding hydrogens is 250 g/mol. The van der Waals surface area contributed by atoms with Crippen LogP contribution in [0.25, 0.3) is 0 Å². The first-order valence-electron chi connectivity index (χ1n) is 7.06. The lowest BCUT2D eigenvalue weighted by molar-refractivity contribution is -0.130. The fourth-order valence-corrected chi connectivity index (χ4v) is 2.78. The van der Waals surface area contributed by atoms with E-state index in [0.29, 0.717) is 6.54 Å². The number of aromatic amines is 1. The van der Waals surface area contributed by atoms with E-state index in [1.54, 1.807) is 0 Å². The number of para-hydroxylation sites is 1. The predicted molar refractivity (Wildman–Crippen MR) is 79.4 cm³/mol. The highest BCUT2D eigenvalue weighted by Gasteiger charge is 2.30. The number of carbonyl (C=O) groups excluding carboxylic acids is 1. The summed E-state index contributed by atoms with van der Waals surface area (Å²) in [6.07, 6.45) is 4.02. The Kier molecular flexibility index (Phi) is 3.72. The fraction of sp³-hybridized carbons (Fsp3) is 0.312. The number of benzene rings is 1. The van der Waals surface area contributed by atoms with E-state index in [1.165, 1.54) is 0 Å². The van der Waals surface area contributed by atoms with Crippen molar-refractivity contribution in [3.05, 3.63) is 54.4 Å². The van der Waals surface area contributed by atoms with Crippen molar-refractivity contribution >= 4 is 11.6 Å². The van der Waals surface area contributed by atoms with Crippen molar-refractivity contribution in [1.29, 1.82) is 0 Å². The molecule has 4 heteroatoms. The Balaban J connectivity index is 1.62. The van der Waals surface area contributed by atoms with Gasteiger partial charge in [0.25, 0.3) is 0 Å². The highest BCUT2D eigenvalue weighted by molar-refractivity contribution is 5.81. The molecule has 104 valence electrons. The Morgan fingerprint density at radius 2 is 2.10 bits per heavy atom. The molecule has 0 spiro atoms. The molecule has 1 unspecified atom stereocenters. The van der Waals surface area contributed by atoms with Crippen LogP contribution in [0.1, 0.15) is 24.6 Å². The third-order valence-corrected chi connectivity index (χ3v) is 3.77. The van der Waals surface area contributed by atoms with Gasteiger partial charge in [-0.2, -0.15) is 0 Å². The van der Waals surface area contributed by atoms with E-state index in [4.69, 9.17) is 0 Å². The Hall–Kier alpha value is -2.23. The zero-order valence-electron chi connectivity index (χ0n) is 11.4. The summed E-state index contributed by atoms with van der Waals surface area (Å²) in [6.45, 7) is 1.19. The summed E-state index contributed by atoms with van der Waals surface area (Å²) in [4.78, 5) is 17.6.